The minimum atomic E-state index is -3.43. The highest BCUT2D eigenvalue weighted by Gasteiger charge is 2.31. The first-order chi connectivity index (χ1) is 8.51. The number of hydrogen-bond donors (Lipinski definition) is 2. The molecule has 2 unspecified atom stereocenters. The van der Waals surface area contributed by atoms with E-state index >= 15 is 0 Å². The summed E-state index contributed by atoms with van der Waals surface area (Å²) in [6.45, 7) is 5.55. The van der Waals surface area contributed by atoms with Crippen LogP contribution in [0.1, 0.15) is 33.1 Å². The fourth-order valence-corrected chi connectivity index (χ4v) is 3.74. The van der Waals surface area contributed by atoms with Gasteiger partial charge in [-0.05, 0) is 26.7 Å². The molecule has 1 aliphatic rings. The van der Waals surface area contributed by atoms with E-state index in [0.29, 0.717) is 26.2 Å². The summed E-state index contributed by atoms with van der Waals surface area (Å²) in [4.78, 5) is 0. The zero-order chi connectivity index (χ0) is 13.6. The van der Waals surface area contributed by atoms with Gasteiger partial charge in [-0.25, -0.2) is 0 Å². The predicted molar refractivity (Wildman–Crippen MR) is 71.4 cm³/mol. The first-order valence-corrected chi connectivity index (χ1v) is 8.03. The maximum atomic E-state index is 12.2. The van der Waals surface area contributed by atoms with E-state index in [2.05, 4.69) is 4.72 Å². The van der Waals surface area contributed by atoms with Gasteiger partial charge in [-0.2, -0.15) is 17.4 Å². The monoisotopic (exact) mass is 279 g/mol. The summed E-state index contributed by atoms with van der Waals surface area (Å²) in [7, 11) is -3.43. The van der Waals surface area contributed by atoms with Crippen molar-refractivity contribution in [2.24, 2.45) is 5.73 Å². The Labute approximate surface area is 110 Å². The van der Waals surface area contributed by atoms with Crippen LogP contribution in [-0.4, -0.2) is 51.1 Å². The molecule has 0 saturated carbocycles. The van der Waals surface area contributed by atoms with Crippen molar-refractivity contribution in [3.63, 3.8) is 0 Å². The summed E-state index contributed by atoms with van der Waals surface area (Å²) in [5, 5.41) is 0. The van der Waals surface area contributed by atoms with E-state index in [9.17, 15) is 8.42 Å². The standard InChI is InChI=1S/C11H25N3O3S/c1-3-17-10(2)9-13-18(15,16)14-7-5-4-6-11(14)8-12/h10-11,13H,3-9,12H2,1-2H3. The van der Waals surface area contributed by atoms with Gasteiger partial charge < -0.3 is 10.5 Å². The van der Waals surface area contributed by atoms with Crippen LogP contribution in [-0.2, 0) is 14.9 Å². The molecule has 18 heavy (non-hydrogen) atoms. The highest BCUT2D eigenvalue weighted by Crippen LogP contribution is 2.18. The van der Waals surface area contributed by atoms with Crippen molar-refractivity contribution < 1.29 is 13.2 Å². The number of hydrogen-bond acceptors (Lipinski definition) is 4. The van der Waals surface area contributed by atoms with E-state index in [1.807, 2.05) is 13.8 Å². The number of ether oxygens (including phenoxy) is 1. The lowest BCUT2D eigenvalue weighted by Crippen LogP contribution is -2.52. The molecule has 0 bridgehead atoms. The third-order valence-corrected chi connectivity index (χ3v) is 4.79. The number of nitrogens with one attached hydrogen (secondary N) is 1. The molecule has 0 aromatic rings. The SMILES string of the molecule is CCOC(C)CNS(=O)(=O)N1CCCCC1CN. The van der Waals surface area contributed by atoms with Crippen molar-refractivity contribution in [2.45, 2.75) is 45.3 Å². The van der Waals surface area contributed by atoms with Crippen LogP contribution in [0.2, 0.25) is 0 Å². The molecule has 0 radical (unpaired) electrons. The molecule has 0 spiro atoms. The predicted octanol–water partition coefficient (Wildman–Crippen LogP) is 0.0590. The van der Waals surface area contributed by atoms with Gasteiger partial charge >= 0.3 is 0 Å². The first kappa shape index (κ1) is 15.8. The molecule has 1 aliphatic heterocycles. The maximum Gasteiger partial charge on any atom is 0.279 e. The second-order valence-electron chi connectivity index (χ2n) is 4.62. The smallest absolute Gasteiger partial charge is 0.279 e. The van der Waals surface area contributed by atoms with Gasteiger partial charge in [0.15, 0.2) is 0 Å². The molecule has 2 atom stereocenters. The number of nitrogens with two attached hydrogens (primary N) is 1. The number of piperidine rings is 1. The summed E-state index contributed by atoms with van der Waals surface area (Å²) in [6.07, 6.45) is 2.67. The normalized spacial score (nSPS) is 24.1. The van der Waals surface area contributed by atoms with Crippen molar-refractivity contribution in [3.05, 3.63) is 0 Å². The summed E-state index contributed by atoms with van der Waals surface area (Å²) >= 11 is 0. The summed E-state index contributed by atoms with van der Waals surface area (Å²) in [6, 6.07) is -0.0707. The van der Waals surface area contributed by atoms with Gasteiger partial charge in [0.1, 0.15) is 0 Å². The Bertz CT molecular complexity index is 334. The number of rotatable bonds is 7. The average Bonchev–Trinajstić information content (AvgIpc) is 2.37. The largest absolute Gasteiger partial charge is 0.377 e. The van der Waals surface area contributed by atoms with Crippen molar-refractivity contribution in [1.82, 2.24) is 9.03 Å². The average molecular weight is 279 g/mol. The maximum absolute atomic E-state index is 12.2. The second-order valence-corrected chi connectivity index (χ2v) is 6.32. The first-order valence-electron chi connectivity index (χ1n) is 6.59. The third-order valence-electron chi connectivity index (χ3n) is 3.16. The quantitative estimate of drug-likeness (QED) is 0.690. The lowest BCUT2D eigenvalue weighted by molar-refractivity contribution is 0.0794. The van der Waals surface area contributed by atoms with E-state index in [0.717, 1.165) is 19.3 Å². The van der Waals surface area contributed by atoms with Crippen LogP contribution in [0.3, 0.4) is 0 Å². The van der Waals surface area contributed by atoms with E-state index in [1.165, 1.54) is 4.31 Å². The van der Waals surface area contributed by atoms with E-state index < -0.39 is 10.2 Å². The Morgan fingerprint density at radius 1 is 1.50 bits per heavy atom. The van der Waals surface area contributed by atoms with Gasteiger partial charge in [0.25, 0.3) is 10.2 Å². The Kier molecular flexibility index (Phi) is 6.51. The molecule has 0 aliphatic carbocycles. The highest BCUT2D eigenvalue weighted by molar-refractivity contribution is 7.87. The zero-order valence-electron chi connectivity index (χ0n) is 11.3. The fourth-order valence-electron chi connectivity index (χ4n) is 2.18. The lowest BCUT2D eigenvalue weighted by atomic mass is 10.1. The second kappa shape index (κ2) is 7.40. The van der Waals surface area contributed by atoms with E-state index in [-0.39, 0.29) is 12.1 Å². The Balaban J connectivity index is 2.55. The van der Waals surface area contributed by atoms with Crippen molar-refractivity contribution in [3.8, 4) is 0 Å². The van der Waals surface area contributed by atoms with Crippen LogP contribution in [0.5, 0.6) is 0 Å². The van der Waals surface area contributed by atoms with Crippen molar-refractivity contribution >= 4 is 10.2 Å². The summed E-state index contributed by atoms with van der Waals surface area (Å²) < 4.78 is 33.7. The van der Waals surface area contributed by atoms with Gasteiger partial charge in [0, 0.05) is 32.3 Å². The minimum absolute atomic E-state index is 0.0707. The van der Waals surface area contributed by atoms with E-state index in [4.69, 9.17) is 10.5 Å². The molecule has 6 nitrogen and oxygen atoms in total. The Morgan fingerprint density at radius 2 is 2.22 bits per heavy atom. The van der Waals surface area contributed by atoms with Crippen molar-refractivity contribution in [2.75, 3.05) is 26.2 Å². The zero-order valence-corrected chi connectivity index (χ0v) is 12.1. The van der Waals surface area contributed by atoms with Gasteiger partial charge in [-0.3, -0.25) is 0 Å². The highest BCUT2D eigenvalue weighted by atomic mass is 32.2. The van der Waals surface area contributed by atoms with Gasteiger partial charge in [0.2, 0.25) is 0 Å². The Hall–Kier alpha value is -0.210. The summed E-state index contributed by atoms with van der Waals surface area (Å²) in [5.74, 6) is 0. The topological polar surface area (TPSA) is 84.7 Å². The molecular weight excluding hydrogens is 254 g/mol. The number of nitrogens with zero attached hydrogens (tertiary/aromatic N) is 1. The fraction of sp³-hybridized carbons (Fsp3) is 1.00. The van der Waals surface area contributed by atoms with Crippen LogP contribution >= 0.6 is 0 Å². The van der Waals surface area contributed by atoms with E-state index in [1.54, 1.807) is 0 Å². The molecule has 1 heterocycles. The summed E-state index contributed by atoms with van der Waals surface area (Å²) in [5.41, 5.74) is 5.64. The molecule has 108 valence electrons. The van der Waals surface area contributed by atoms with Crippen LogP contribution in [0, 0.1) is 0 Å². The van der Waals surface area contributed by atoms with Crippen LogP contribution in [0.4, 0.5) is 0 Å². The van der Waals surface area contributed by atoms with Crippen LogP contribution < -0.4 is 10.5 Å². The third kappa shape index (κ3) is 4.47. The van der Waals surface area contributed by atoms with Gasteiger partial charge in [0.05, 0.1) is 6.10 Å². The lowest BCUT2D eigenvalue weighted by Gasteiger charge is -2.34. The molecule has 0 amide bonds. The molecule has 1 fully saturated rings. The molecular formula is C11H25N3O3S. The van der Waals surface area contributed by atoms with Crippen molar-refractivity contribution in [1.29, 1.82) is 0 Å². The minimum Gasteiger partial charge on any atom is -0.377 e. The molecule has 0 aromatic heterocycles. The van der Waals surface area contributed by atoms with Crippen LogP contribution in [0.15, 0.2) is 0 Å². The molecule has 1 rings (SSSR count). The molecule has 1 saturated heterocycles. The Morgan fingerprint density at radius 3 is 2.83 bits per heavy atom. The molecule has 7 heteroatoms. The molecule has 3 N–H and O–H groups in total. The molecule has 0 aromatic carbocycles. The van der Waals surface area contributed by atoms with Gasteiger partial charge in [-0.1, -0.05) is 6.42 Å². The van der Waals surface area contributed by atoms with Crippen LogP contribution in [0.25, 0.3) is 0 Å². The van der Waals surface area contributed by atoms with Gasteiger partial charge in [-0.15, -0.1) is 0 Å².